The number of aromatic nitrogens is 6. The molecule has 8 nitrogen and oxygen atoms in total. The molecule has 0 amide bonds. The van der Waals surface area contributed by atoms with Crippen molar-refractivity contribution in [3.63, 3.8) is 0 Å². The lowest BCUT2D eigenvalue weighted by Crippen LogP contribution is -2.36. The molecule has 25 heavy (non-hydrogen) atoms. The first-order valence-corrected chi connectivity index (χ1v) is 9.38. The zero-order chi connectivity index (χ0) is 17.3. The van der Waals surface area contributed by atoms with Crippen molar-refractivity contribution in [2.45, 2.75) is 58.3 Å². The summed E-state index contributed by atoms with van der Waals surface area (Å²) in [6.45, 7) is 6.95. The Hall–Kier alpha value is -1.80. The van der Waals surface area contributed by atoms with Crippen molar-refractivity contribution < 1.29 is 0 Å². The van der Waals surface area contributed by atoms with Gasteiger partial charge in [0.25, 0.3) is 0 Å². The van der Waals surface area contributed by atoms with Crippen molar-refractivity contribution in [1.29, 1.82) is 0 Å². The van der Waals surface area contributed by atoms with Crippen molar-refractivity contribution in [2.24, 2.45) is 12.5 Å². The lowest BCUT2D eigenvalue weighted by molar-refractivity contribution is 0.176. The SMILES string of the molecule is CCCn1nnnc1CN(Cc1nccn1C)C1CC12CCNCC2. The van der Waals surface area contributed by atoms with Gasteiger partial charge in [-0.3, -0.25) is 4.90 Å². The molecule has 1 saturated carbocycles. The van der Waals surface area contributed by atoms with Gasteiger partial charge in [0.2, 0.25) is 0 Å². The molecule has 8 heteroatoms. The Morgan fingerprint density at radius 1 is 1.28 bits per heavy atom. The second-order valence-electron chi connectivity index (χ2n) is 7.51. The zero-order valence-electron chi connectivity index (χ0n) is 15.2. The molecular formula is C17H28N8. The molecule has 1 saturated heterocycles. The molecule has 4 rings (SSSR count). The Kier molecular flexibility index (Phi) is 4.56. The number of tetrazole rings is 1. The number of piperidine rings is 1. The maximum atomic E-state index is 4.54. The number of hydrogen-bond acceptors (Lipinski definition) is 6. The average molecular weight is 344 g/mol. The molecule has 136 valence electrons. The molecular weight excluding hydrogens is 316 g/mol. The number of rotatable bonds is 7. The van der Waals surface area contributed by atoms with Crippen molar-refractivity contribution in [3.05, 3.63) is 24.0 Å². The molecule has 1 aliphatic carbocycles. The largest absolute Gasteiger partial charge is 0.337 e. The predicted octanol–water partition coefficient (Wildman–Crippen LogP) is 0.961. The summed E-state index contributed by atoms with van der Waals surface area (Å²) in [7, 11) is 2.06. The minimum atomic E-state index is 0.486. The second-order valence-corrected chi connectivity index (χ2v) is 7.51. The van der Waals surface area contributed by atoms with E-state index in [1.54, 1.807) is 0 Å². The number of hydrogen-bond donors (Lipinski definition) is 1. The van der Waals surface area contributed by atoms with Gasteiger partial charge in [-0.25, -0.2) is 9.67 Å². The van der Waals surface area contributed by atoms with Crippen molar-refractivity contribution >= 4 is 0 Å². The Labute approximate surface area is 148 Å². The molecule has 0 aromatic carbocycles. The molecule has 2 aliphatic rings. The summed E-state index contributed by atoms with van der Waals surface area (Å²) in [6, 6.07) is 0.609. The van der Waals surface area contributed by atoms with Crippen LogP contribution in [-0.4, -0.2) is 53.8 Å². The highest BCUT2D eigenvalue weighted by molar-refractivity contribution is 5.11. The van der Waals surface area contributed by atoms with Gasteiger partial charge in [-0.05, 0) is 54.6 Å². The van der Waals surface area contributed by atoms with Crippen LogP contribution in [0.5, 0.6) is 0 Å². The lowest BCUT2D eigenvalue weighted by Gasteiger charge is -2.29. The third-order valence-corrected chi connectivity index (χ3v) is 5.84. The van der Waals surface area contributed by atoms with E-state index in [0.29, 0.717) is 11.5 Å². The molecule has 1 N–H and O–H groups in total. The van der Waals surface area contributed by atoms with Gasteiger partial charge in [0.05, 0.1) is 13.1 Å². The maximum Gasteiger partial charge on any atom is 0.165 e. The first-order valence-electron chi connectivity index (χ1n) is 9.38. The van der Waals surface area contributed by atoms with Crippen molar-refractivity contribution in [3.8, 4) is 0 Å². The van der Waals surface area contributed by atoms with E-state index in [4.69, 9.17) is 0 Å². The van der Waals surface area contributed by atoms with Crippen LogP contribution in [0.1, 0.15) is 44.3 Å². The molecule has 0 bridgehead atoms. The second kappa shape index (κ2) is 6.84. The molecule has 1 unspecified atom stereocenters. The van der Waals surface area contributed by atoms with Crippen LogP contribution in [0.2, 0.25) is 0 Å². The van der Waals surface area contributed by atoms with E-state index < -0.39 is 0 Å². The van der Waals surface area contributed by atoms with Gasteiger partial charge >= 0.3 is 0 Å². The minimum absolute atomic E-state index is 0.486. The average Bonchev–Trinajstić information content (AvgIpc) is 2.93. The fourth-order valence-corrected chi connectivity index (χ4v) is 4.21. The third kappa shape index (κ3) is 3.32. The minimum Gasteiger partial charge on any atom is -0.337 e. The van der Waals surface area contributed by atoms with E-state index in [1.807, 2.05) is 17.1 Å². The highest BCUT2D eigenvalue weighted by atomic mass is 15.5. The highest BCUT2D eigenvalue weighted by Crippen LogP contribution is 2.56. The summed E-state index contributed by atoms with van der Waals surface area (Å²) in [6.07, 6.45) is 8.76. The van der Waals surface area contributed by atoms with E-state index in [1.165, 1.54) is 19.3 Å². The van der Waals surface area contributed by atoms with E-state index in [2.05, 4.69) is 49.3 Å². The third-order valence-electron chi connectivity index (χ3n) is 5.84. The van der Waals surface area contributed by atoms with Gasteiger partial charge in [0.15, 0.2) is 5.82 Å². The van der Waals surface area contributed by atoms with Gasteiger partial charge in [-0.2, -0.15) is 0 Å². The Bertz CT molecular complexity index is 699. The highest BCUT2D eigenvalue weighted by Gasteiger charge is 2.56. The summed E-state index contributed by atoms with van der Waals surface area (Å²) in [5, 5.41) is 15.8. The molecule has 1 aliphatic heterocycles. The summed E-state index contributed by atoms with van der Waals surface area (Å²) in [5.74, 6) is 2.07. The van der Waals surface area contributed by atoms with E-state index in [9.17, 15) is 0 Å². The first kappa shape index (κ1) is 16.7. The number of nitrogens with one attached hydrogen (secondary N) is 1. The Morgan fingerprint density at radius 3 is 2.80 bits per heavy atom. The molecule has 1 spiro atoms. The fraction of sp³-hybridized carbons (Fsp3) is 0.765. The van der Waals surface area contributed by atoms with Crippen LogP contribution < -0.4 is 5.32 Å². The smallest absolute Gasteiger partial charge is 0.165 e. The Morgan fingerprint density at radius 2 is 2.08 bits per heavy atom. The summed E-state index contributed by atoms with van der Waals surface area (Å²) in [5.41, 5.74) is 0.486. The van der Waals surface area contributed by atoms with Gasteiger partial charge in [0, 0.05) is 32.0 Å². The van der Waals surface area contributed by atoms with Crippen LogP contribution in [0.4, 0.5) is 0 Å². The molecule has 3 heterocycles. The van der Waals surface area contributed by atoms with E-state index in [-0.39, 0.29) is 0 Å². The van der Waals surface area contributed by atoms with E-state index in [0.717, 1.165) is 50.8 Å². The fourth-order valence-electron chi connectivity index (χ4n) is 4.21. The van der Waals surface area contributed by atoms with Gasteiger partial charge in [0.1, 0.15) is 5.82 Å². The lowest BCUT2D eigenvalue weighted by atomic mass is 9.93. The zero-order valence-corrected chi connectivity index (χ0v) is 15.2. The Balaban J connectivity index is 1.53. The standard InChI is InChI=1S/C17H28N8/c1-3-9-25-16(20-21-22-25)13-24(12-15-19-8-10-23(15)2)14-11-17(14)4-6-18-7-5-17/h8,10,14,18H,3-7,9,11-13H2,1-2H3. The van der Waals surface area contributed by atoms with Gasteiger partial charge in [-0.15, -0.1) is 5.10 Å². The van der Waals surface area contributed by atoms with Crippen molar-refractivity contribution in [2.75, 3.05) is 13.1 Å². The maximum absolute atomic E-state index is 4.54. The number of aryl methyl sites for hydroxylation is 2. The number of nitrogens with zero attached hydrogens (tertiary/aromatic N) is 7. The molecule has 2 fully saturated rings. The molecule has 0 radical (unpaired) electrons. The van der Waals surface area contributed by atoms with E-state index >= 15 is 0 Å². The first-order chi connectivity index (χ1) is 12.2. The normalized spacial score (nSPS) is 22.0. The quantitative estimate of drug-likeness (QED) is 0.806. The van der Waals surface area contributed by atoms with Crippen molar-refractivity contribution in [1.82, 2.24) is 40.0 Å². The van der Waals surface area contributed by atoms with Crippen LogP contribution in [-0.2, 0) is 26.7 Å². The number of imidazole rings is 1. The summed E-state index contributed by atoms with van der Waals surface area (Å²) >= 11 is 0. The van der Waals surface area contributed by atoms with Gasteiger partial charge in [-0.1, -0.05) is 6.92 Å². The van der Waals surface area contributed by atoms with Crippen LogP contribution >= 0.6 is 0 Å². The summed E-state index contributed by atoms with van der Waals surface area (Å²) < 4.78 is 4.06. The van der Waals surface area contributed by atoms with Crippen LogP contribution in [0.3, 0.4) is 0 Å². The topological polar surface area (TPSA) is 76.7 Å². The molecule has 2 aromatic heterocycles. The van der Waals surface area contributed by atoms with Gasteiger partial charge < -0.3 is 9.88 Å². The van der Waals surface area contributed by atoms with Crippen LogP contribution in [0, 0.1) is 5.41 Å². The molecule has 2 aromatic rings. The van der Waals surface area contributed by atoms with Crippen LogP contribution in [0.25, 0.3) is 0 Å². The summed E-state index contributed by atoms with van der Waals surface area (Å²) in [4.78, 5) is 7.08. The molecule has 1 atom stereocenters. The monoisotopic (exact) mass is 344 g/mol. The predicted molar refractivity (Wildman–Crippen MR) is 93.5 cm³/mol. The van der Waals surface area contributed by atoms with Crippen LogP contribution in [0.15, 0.2) is 12.4 Å².